The number of hydrogen-bond donors (Lipinski definition) is 1. The molecule has 0 heterocycles. The number of anilines is 1. The number of carbonyl (C=O) groups is 2. The lowest BCUT2D eigenvalue weighted by Crippen LogP contribution is -2.40. The SMILES string of the molecule is CC(=O)N(CCN(C)C)CC(=O)Nc1ccc(C)cc1Br. The number of nitrogens with zero attached hydrogens (tertiary/aromatic N) is 2. The highest BCUT2D eigenvalue weighted by Gasteiger charge is 2.14. The van der Waals surface area contributed by atoms with E-state index in [9.17, 15) is 9.59 Å². The summed E-state index contributed by atoms with van der Waals surface area (Å²) in [6.07, 6.45) is 0. The summed E-state index contributed by atoms with van der Waals surface area (Å²) in [6, 6.07) is 5.70. The Morgan fingerprint density at radius 3 is 2.43 bits per heavy atom. The molecule has 1 N–H and O–H groups in total. The van der Waals surface area contributed by atoms with Gasteiger partial charge in [0.05, 0.1) is 12.2 Å². The number of aryl methyl sites for hydroxylation is 1. The van der Waals surface area contributed by atoms with Crippen LogP contribution in [0, 0.1) is 6.92 Å². The Balaban J connectivity index is 2.63. The Bertz CT molecular complexity index is 518. The van der Waals surface area contributed by atoms with Gasteiger partial charge in [-0.2, -0.15) is 0 Å². The summed E-state index contributed by atoms with van der Waals surface area (Å²) >= 11 is 3.42. The first-order valence-corrected chi connectivity index (χ1v) is 7.55. The van der Waals surface area contributed by atoms with Crippen molar-refractivity contribution in [3.8, 4) is 0 Å². The number of amides is 2. The molecule has 0 radical (unpaired) electrons. The molecule has 1 aromatic carbocycles. The Morgan fingerprint density at radius 2 is 1.90 bits per heavy atom. The van der Waals surface area contributed by atoms with E-state index in [2.05, 4.69) is 21.2 Å². The predicted octanol–water partition coefficient (Wildman–Crippen LogP) is 2.11. The van der Waals surface area contributed by atoms with Gasteiger partial charge in [-0.05, 0) is 54.6 Å². The van der Waals surface area contributed by atoms with Gasteiger partial charge in [-0.1, -0.05) is 6.07 Å². The molecule has 116 valence electrons. The summed E-state index contributed by atoms with van der Waals surface area (Å²) in [6.45, 7) is 4.77. The molecule has 0 saturated carbocycles. The zero-order chi connectivity index (χ0) is 16.0. The second-order valence-corrected chi connectivity index (χ2v) is 6.13. The van der Waals surface area contributed by atoms with E-state index >= 15 is 0 Å². The molecule has 0 aromatic heterocycles. The third kappa shape index (κ3) is 6.27. The molecular formula is C15H22BrN3O2. The van der Waals surface area contributed by atoms with Gasteiger partial charge in [0.15, 0.2) is 0 Å². The number of carbonyl (C=O) groups excluding carboxylic acids is 2. The van der Waals surface area contributed by atoms with Crippen molar-refractivity contribution >= 4 is 33.4 Å². The average molecular weight is 356 g/mol. The first-order chi connectivity index (χ1) is 9.79. The van der Waals surface area contributed by atoms with Gasteiger partial charge >= 0.3 is 0 Å². The van der Waals surface area contributed by atoms with Gasteiger partial charge in [0.2, 0.25) is 11.8 Å². The van der Waals surface area contributed by atoms with Crippen LogP contribution in [0.5, 0.6) is 0 Å². The maximum absolute atomic E-state index is 12.1. The summed E-state index contributed by atoms with van der Waals surface area (Å²) in [5, 5.41) is 2.82. The number of halogens is 1. The van der Waals surface area contributed by atoms with E-state index in [0.29, 0.717) is 12.2 Å². The molecule has 1 rings (SSSR count). The van der Waals surface area contributed by atoms with Crippen LogP contribution in [-0.2, 0) is 9.59 Å². The van der Waals surface area contributed by atoms with E-state index in [-0.39, 0.29) is 18.4 Å². The van der Waals surface area contributed by atoms with Crippen molar-refractivity contribution in [1.82, 2.24) is 9.80 Å². The van der Waals surface area contributed by atoms with Crippen LogP contribution in [0.1, 0.15) is 12.5 Å². The van der Waals surface area contributed by atoms with Crippen LogP contribution in [0.25, 0.3) is 0 Å². The fraction of sp³-hybridized carbons (Fsp3) is 0.467. The zero-order valence-corrected chi connectivity index (χ0v) is 14.5. The molecule has 1 aromatic rings. The van der Waals surface area contributed by atoms with Gasteiger partial charge in [-0.25, -0.2) is 0 Å². The molecule has 2 amide bonds. The molecule has 0 spiro atoms. The standard InChI is InChI=1S/C15H22BrN3O2/c1-11-5-6-14(13(16)9-11)17-15(21)10-19(12(2)20)8-7-18(3)4/h5-6,9H,7-8,10H2,1-4H3,(H,17,21). The van der Waals surface area contributed by atoms with Crippen molar-refractivity contribution in [2.45, 2.75) is 13.8 Å². The second-order valence-electron chi connectivity index (χ2n) is 5.28. The molecule has 0 fully saturated rings. The van der Waals surface area contributed by atoms with Crippen LogP contribution >= 0.6 is 15.9 Å². The summed E-state index contributed by atoms with van der Waals surface area (Å²) in [5.41, 5.74) is 1.82. The average Bonchev–Trinajstić information content (AvgIpc) is 2.37. The minimum atomic E-state index is -0.200. The van der Waals surface area contributed by atoms with E-state index in [1.54, 1.807) is 0 Å². The van der Waals surface area contributed by atoms with Crippen molar-refractivity contribution in [3.05, 3.63) is 28.2 Å². The summed E-state index contributed by atoms with van der Waals surface area (Å²) in [4.78, 5) is 27.2. The zero-order valence-electron chi connectivity index (χ0n) is 12.9. The van der Waals surface area contributed by atoms with Gasteiger partial charge in [-0.15, -0.1) is 0 Å². The van der Waals surface area contributed by atoms with Crippen molar-refractivity contribution in [1.29, 1.82) is 0 Å². The van der Waals surface area contributed by atoms with E-state index in [4.69, 9.17) is 0 Å². The van der Waals surface area contributed by atoms with Crippen LogP contribution in [0.4, 0.5) is 5.69 Å². The molecule has 21 heavy (non-hydrogen) atoms. The molecule has 5 nitrogen and oxygen atoms in total. The van der Waals surface area contributed by atoms with Crippen molar-refractivity contribution < 1.29 is 9.59 Å². The van der Waals surface area contributed by atoms with Crippen LogP contribution < -0.4 is 5.32 Å². The number of benzene rings is 1. The van der Waals surface area contributed by atoms with Gasteiger partial charge in [0.25, 0.3) is 0 Å². The number of nitrogens with one attached hydrogen (secondary N) is 1. The van der Waals surface area contributed by atoms with E-state index in [1.165, 1.54) is 11.8 Å². The smallest absolute Gasteiger partial charge is 0.244 e. The molecular weight excluding hydrogens is 334 g/mol. The molecule has 0 bridgehead atoms. The predicted molar refractivity (Wildman–Crippen MR) is 88.3 cm³/mol. The topological polar surface area (TPSA) is 52.7 Å². The largest absolute Gasteiger partial charge is 0.332 e. The lowest BCUT2D eigenvalue weighted by Gasteiger charge is -2.22. The van der Waals surface area contributed by atoms with Gasteiger partial charge in [-0.3, -0.25) is 9.59 Å². The van der Waals surface area contributed by atoms with Crippen LogP contribution in [0.15, 0.2) is 22.7 Å². The second kappa shape index (κ2) is 8.14. The normalized spacial score (nSPS) is 10.6. The van der Waals surface area contributed by atoms with Crippen LogP contribution in [0.2, 0.25) is 0 Å². The van der Waals surface area contributed by atoms with Gasteiger partial charge < -0.3 is 15.1 Å². The number of rotatable bonds is 6. The van der Waals surface area contributed by atoms with Gasteiger partial charge in [0, 0.05) is 24.5 Å². The lowest BCUT2D eigenvalue weighted by molar-refractivity contribution is -0.132. The minimum Gasteiger partial charge on any atom is -0.332 e. The molecule has 0 saturated heterocycles. The summed E-state index contributed by atoms with van der Waals surface area (Å²) < 4.78 is 0.832. The monoisotopic (exact) mass is 355 g/mol. The van der Waals surface area contributed by atoms with E-state index in [1.807, 2.05) is 44.1 Å². The highest BCUT2D eigenvalue weighted by atomic mass is 79.9. The Labute approximate surface area is 134 Å². The maximum Gasteiger partial charge on any atom is 0.244 e. The lowest BCUT2D eigenvalue weighted by atomic mass is 10.2. The Kier molecular flexibility index (Phi) is 6.84. The van der Waals surface area contributed by atoms with Crippen molar-refractivity contribution in [2.24, 2.45) is 0 Å². The molecule has 6 heteroatoms. The highest BCUT2D eigenvalue weighted by molar-refractivity contribution is 9.10. The Morgan fingerprint density at radius 1 is 1.24 bits per heavy atom. The Hall–Kier alpha value is -1.40. The molecule has 0 aliphatic heterocycles. The van der Waals surface area contributed by atoms with Crippen LogP contribution in [-0.4, -0.2) is 55.3 Å². The minimum absolute atomic E-state index is 0.0590. The number of likely N-dealkylation sites (N-methyl/N-ethyl adjacent to an activating group) is 1. The summed E-state index contributed by atoms with van der Waals surface area (Å²) in [7, 11) is 3.86. The third-order valence-electron chi connectivity index (χ3n) is 3.00. The van der Waals surface area contributed by atoms with Crippen molar-refractivity contribution in [3.63, 3.8) is 0 Å². The van der Waals surface area contributed by atoms with Crippen LogP contribution in [0.3, 0.4) is 0 Å². The molecule has 0 aliphatic carbocycles. The molecule has 0 atom stereocenters. The fourth-order valence-electron chi connectivity index (χ4n) is 1.75. The highest BCUT2D eigenvalue weighted by Crippen LogP contribution is 2.23. The third-order valence-corrected chi connectivity index (χ3v) is 3.65. The van der Waals surface area contributed by atoms with E-state index < -0.39 is 0 Å². The summed E-state index contributed by atoms with van der Waals surface area (Å²) in [5.74, 6) is -0.302. The number of hydrogen-bond acceptors (Lipinski definition) is 3. The maximum atomic E-state index is 12.1. The molecule has 0 aliphatic rings. The first kappa shape index (κ1) is 17.7. The first-order valence-electron chi connectivity index (χ1n) is 6.76. The van der Waals surface area contributed by atoms with E-state index in [0.717, 1.165) is 16.6 Å². The molecule has 0 unspecified atom stereocenters. The van der Waals surface area contributed by atoms with Gasteiger partial charge in [0.1, 0.15) is 0 Å². The fourth-order valence-corrected chi connectivity index (χ4v) is 2.35. The van der Waals surface area contributed by atoms with Crippen molar-refractivity contribution in [2.75, 3.05) is 39.0 Å². The quantitative estimate of drug-likeness (QED) is 0.850.